The van der Waals surface area contributed by atoms with Crippen molar-refractivity contribution < 1.29 is 4.52 Å². The third kappa shape index (κ3) is 4.77. The van der Waals surface area contributed by atoms with E-state index in [0.29, 0.717) is 26.5 Å². The number of hydrogen-bond donors (Lipinski definition) is 0. The molecule has 2 aromatic heterocycles. The lowest BCUT2D eigenvalue weighted by atomic mass is 10.0. The zero-order valence-corrected chi connectivity index (χ0v) is 21.4. The van der Waals surface area contributed by atoms with Gasteiger partial charge in [-0.15, -0.1) is 15.0 Å². The molecule has 0 unspecified atom stereocenters. The SMILES string of the molecule is Clc1ccc2c(-c3ccc(/C=C/c4ccc(-n5nc(Cl)c(-c6ccccc6)n5)cc4)c(Cl)c3)noc2c1. The van der Waals surface area contributed by atoms with E-state index in [1.54, 1.807) is 6.07 Å². The van der Waals surface area contributed by atoms with Crippen LogP contribution in [0.25, 0.3) is 51.3 Å². The van der Waals surface area contributed by atoms with E-state index in [2.05, 4.69) is 15.4 Å². The van der Waals surface area contributed by atoms with E-state index in [9.17, 15) is 0 Å². The van der Waals surface area contributed by atoms with Gasteiger partial charge in [-0.25, -0.2) is 0 Å². The lowest BCUT2D eigenvalue weighted by molar-refractivity contribution is 0.459. The van der Waals surface area contributed by atoms with E-state index in [-0.39, 0.29) is 0 Å². The molecule has 0 fully saturated rings. The number of benzene rings is 4. The first kappa shape index (κ1) is 23.5. The van der Waals surface area contributed by atoms with Gasteiger partial charge in [-0.2, -0.15) is 0 Å². The van der Waals surface area contributed by atoms with Gasteiger partial charge in [0, 0.05) is 32.6 Å². The zero-order chi connectivity index (χ0) is 25.4. The van der Waals surface area contributed by atoms with Crippen LogP contribution in [0.4, 0.5) is 0 Å². The van der Waals surface area contributed by atoms with Gasteiger partial charge in [-0.3, -0.25) is 0 Å². The minimum Gasteiger partial charge on any atom is -0.356 e. The molecule has 180 valence electrons. The summed E-state index contributed by atoms with van der Waals surface area (Å²) in [6, 6.07) is 28.9. The van der Waals surface area contributed by atoms with Crippen LogP contribution in [0, 0.1) is 0 Å². The average Bonchev–Trinajstić information content (AvgIpc) is 3.52. The molecular weight excluding hydrogens is 527 g/mol. The highest BCUT2D eigenvalue weighted by Gasteiger charge is 2.13. The summed E-state index contributed by atoms with van der Waals surface area (Å²) in [6.07, 6.45) is 3.97. The molecule has 0 bridgehead atoms. The third-order valence-electron chi connectivity index (χ3n) is 5.91. The monoisotopic (exact) mass is 542 g/mol. The quantitative estimate of drug-likeness (QED) is 0.204. The van der Waals surface area contributed by atoms with Crippen molar-refractivity contribution in [1.29, 1.82) is 0 Å². The fourth-order valence-corrected chi connectivity index (χ4v) is 4.64. The second kappa shape index (κ2) is 9.87. The number of aromatic nitrogens is 4. The first-order valence-electron chi connectivity index (χ1n) is 11.4. The highest BCUT2D eigenvalue weighted by Crippen LogP contribution is 2.32. The van der Waals surface area contributed by atoms with Gasteiger partial charge in [0.25, 0.3) is 0 Å². The first-order valence-corrected chi connectivity index (χ1v) is 12.5. The summed E-state index contributed by atoms with van der Waals surface area (Å²) in [5, 5.41) is 15.6. The molecule has 0 aliphatic rings. The number of halogens is 3. The fraction of sp³-hybridized carbons (Fsp3) is 0. The highest BCUT2D eigenvalue weighted by molar-refractivity contribution is 6.33. The van der Waals surface area contributed by atoms with Crippen molar-refractivity contribution in [3.63, 3.8) is 0 Å². The molecule has 0 radical (unpaired) electrons. The van der Waals surface area contributed by atoms with Gasteiger partial charge in [0.2, 0.25) is 0 Å². The average molecular weight is 544 g/mol. The van der Waals surface area contributed by atoms with E-state index in [1.165, 1.54) is 4.80 Å². The Hall–Kier alpha value is -3.90. The summed E-state index contributed by atoms with van der Waals surface area (Å²) in [6.45, 7) is 0. The van der Waals surface area contributed by atoms with Crippen LogP contribution in [-0.2, 0) is 0 Å². The summed E-state index contributed by atoms with van der Waals surface area (Å²) < 4.78 is 5.42. The summed E-state index contributed by atoms with van der Waals surface area (Å²) in [5.41, 5.74) is 6.49. The lowest BCUT2D eigenvalue weighted by Gasteiger charge is -2.03. The molecule has 37 heavy (non-hydrogen) atoms. The number of nitrogens with zero attached hydrogens (tertiary/aromatic N) is 4. The maximum atomic E-state index is 6.60. The van der Waals surface area contributed by atoms with Crippen LogP contribution in [0.2, 0.25) is 15.2 Å². The first-order chi connectivity index (χ1) is 18.0. The molecule has 8 heteroatoms. The summed E-state index contributed by atoms with van der Waals surface area (Å²) in [7, 11) is 0. The second-order valence-corrected chi connectivity index (χ2v) is 9.53. The predicted octanol–water partition coefficient (Wildman–Crippen LogP) is 8.87. The van der Waals surface area contributed by atoms with E-state index < -0.39 is 0 Å². The maximum Gasteiger partial charge on any atom is 0.179 e. The summed E-state index contributed by atoms with van der Waals surface area (Å²) in [4.78, 5) is 1.54. The standard InChI is InChI=1S/C29H17Cl3N4O/c30-22-12-15-24-26(17-22)37-35-27(24)21-11-10-19(25(31)16-21)9-6-18-7-13-23(14-8-18)36-33-28(29(32)34-36)20-4-2-1-3-5-20/h1-17H/b9-6+. The van der Waals surface area contributed by atoms with Crippen LogP contribution in [0.1, 0.15) is 11.1 Å². The van der Waals surface area contributed by atoms with Crippen LogP contribution >= 0.6 is 34.8 Å². The predicted molar refractivity (Wildman–Crippen MR) is 150 cm³/mol. The molecular formula is C29H17Cl3N4O. The molecule has 5 nitrogen and oxygen atoms in total. The van der Waals surface area contributed by atoms with Crippen LogP contribution in [0.5, 0.6) is 0 Å². The van der Waals surface area contributed by atoms with Gasteiger partial charge in [-0.05, 0) is 41.5 Å². The molecule has 0 aliphatic carbocycles. The topological polar surface area (TPSA) is 56.7 Å². The highest BCUT2D eigenvalue weighted by atomic mass is 35.5. The Balaban J connectivity index is 1.21. The van der Waals surface area contributed by atoms with Crippen molar-refractivity contribution in [3.05, 3.63) is 117 Å². The van der Waals surface area contributed by atoms with E-state index in [4.69, 9.17) is 39.3 Å². The van der Waals surface area contributed by atoms with Gasteiger partial charge in [-0.1, -0.05) is 107 Å². The lowest BCUT2D eigenvalue weighted by Crippen LogP contribution is -1.98. The smallest absolute Gasteiger partial charge is 0.179 e. The Morgan fingerprint density at radius 2 is 1.51 bits per heavy atom. The van der Waals surface area contributed by atoms with Crippen LogP contribution in [0.3, 0.4) is 0 Å². The van der Waals surface area contributed by atoms with Crippen molar-refractivity contribution in [2.45, 2.75) is 0 Å². The van der Waals surface area contributed by atoms with Crippen molar-refractivity contribution in [3.8, 4) is 28.2 Å². The maximum absolute atomic E-state index is 6.60. The largest absolute Gasteiger partial charge is 0.356 e. The van der Waals surface area contributed by atoms with Crippen LogP contribution in [0.15, 0.2) is 95.5 Å². The summed E-state index contributed by atoms with van der Waals surface area (Å²) >= 11 is 19.0. The Kier molecular flexibility index (Phi) is 6.26. The molecule has 2 heterocycles. The molecule has 0 N–H and O–H groups in total. The van der Waals surface area contributed by atoms with Gasteiger partial charge >= 0.3 is 0 Å². The Bertz CT molecular complexity index is 1760. The zero-order valence-electron chi connectivity index (χ0n) is 19.1. The van der Waals surface area contributed by atoms with Crippen LogP contribution < -0.4 is 0 Å². The van der Waals surface area contributed by atoms with Gasteiger partial charge < -0.3 is 4.52 Å². The van der Waals surface area contributed by atoms with Crippen molar-refractivity contribution >= 4 is 57.9 Å². The molecule has 0 saturated heterocycles. The normalized spacial score (nSPS) is 11.5. The molecule has 4 aromatic carbocycles. The number of hydrogen-bond acceptors (Lipinski definition) is 4. The third-order valence-corrected chi connectivity index (χ3v) is 6.72. The van der Waals surface area contributed by atoms with E-state index in [1.807, 2.05) is 97.1 Å². The van der Waals surface area contributed by atoms with Crippen molar-refractivity contribution in [2.75, 3.05) is 0 Å². The second-order valence-electron chi connectivity index (χ2n) is 8.33. The van der Waals surface area contributed by atoms with Crippen molar-refractivity contribution in [1.82, 2.24) is 20.2 Å². The molecule has 6 rings (SSSR count). The van der Waals surface area contributed by atoms with Crippen LogP contribution in [-0.4, -0.2) is 20.2 Å². The van der Waals surface area contributed by atoms with Gasteiger partial charge in [0.05, 0.1) is 5.69 Å². The number of fused-ring (bicyclic) bond motifs is 1. The van der Waals surface area contributed by atoms with Crippen molar-refractivity contribution in [2.24, 2.45) is 0 Å². The molecule has 0 saturated carbocycles. The van der Waals surface area contributed by atoms with E-state index in [0.717, 1.165) is 39.0 Å². The van der Waals surface area contributed by atoms with Gasteiger partial charge in [0.1, 0.15) is 11.4 Å². The Labute approximate surface area is 227 Å². The Morgan fingerprint density at radius 3 is 2.30 bits per heavy atom. The number of rotatable bonds is 5. The summed E-state index contributed by atoms with van der Waals surface area (Å²) in [5.74, 6) is 0. The Morgan fingerprint density at radius 1 is 0.703 bits per heavy atom. The molecule has 0 spiro atoms. The minimum absolute atomic E-state index is 0.357. The van der Waals surface area contributed by atoms with Gasteiger partial charge in [0.15, 0.2) is 10.7 Å². The molecule has 0 amide bonds. The molecule has 0 atom stereocenters. The molecule has 0 aliphatic heterocycles. The molecule has 6 aromatic rings. The minimum atomic E-state index is 0.357. The van der Waals surface area contributed by atoms with E-state index >= 15 is 0 Å². The fourth-order valence-electron chi connectivity index (χ4n) is 4.01.